The number of carbonyl (C=O) groups excluding carboxylic acids is 1. The van der Waals surface area contributed by atoms with E-state index >= 15 is 0 Å². The van der Waals surface area contributed by atoms with E-state index in [0.29, 0.717) is 5.56 Å². The minimum Gasteiger partial charge on any atom is -0.492 e. The number of piperidine rings is 2. The normalized spacial score (nSPS) is 26.6. The van der Waals surface area contributed by atoms with Gasteiger partial charge in [-0.3, -0.25) is 4.79 Å². The molecule has 3 aliphatic rings. The van der Waals surface area contributed by atoms with Crippen LogP contribution in [0.4, 0.5) is 22.0 Å². The minimum atomic E-state index is -4.51. The van der Waals surface area contributed by atoms with Gasteiger partial charge in [-0.2, -0.15) is 18.4 Å². The summed E-state index contributed by atoms with van der Waals surface area (Å²) in [5.41, 5.74) is -0.999. The van der Waals surface area contributed by atoms with E-state index in [-0.39, 0.29) is 44.2 Å². The lowest BCUT2D eigenvalue weighted by molar-refractivity contribution is -0.226. The van der Waals surface area contributed by atoms with Gasteiger partial charge < -0.3 is 4.74 Å². The minimum absolute atomic E-state index is 0.0177. The van der Waals surface area contributed by atoms with Crippen molar-refractivity contribution < 1.29 is 39.9 Å². The third kappa shape index (κ3) is 6.93. The lowest BCUT2D eigenvalue weighted by Gasteiger charge is -2.48. The van der Waals surface area contributed by atoms with Gasteiger partial charge >= 0.3 is 6.18 Å². The predicted octanol–water partition coefficient (Wildman–Crippen LogP) is 4.08. The number of halogens is 6. The Labute approximate surface area is 228 Å². The Morgan fingerprint density at radius 3 is 2.46 bits per heavy atom. The van der Waals surface area contributed by atoms with Gasteiger partial charge in [0, 0.05) is 25.7 Å². The van der Waals surface area contributed by atoms with E-state index in [2.05, 4.69) is 6.07 Å². The molecule has 8 nitrogen and oxygen atoms in total. The summed E-state index contributed by atoms with van der Waals surface area (Å²) < 4.78 is 99.9. The number of rotatable bonds is 7. The van der Waals surface area contributed by atoms with Crippen LogP contribution in [-0.2, 0) is 10.0 Å². The quantitative estimate of drug-likeness (QED) is 0.287. The summed E-state index contributed by atoms with van der Waals surface area (Å²) in [4.78, 5) is 12.2. The Hall–Kier alpha value is -2.21. The first-order chi connectivity index (χ1) is 18.1. The highest BCUT2D eigenvalue weighted by atomic mass is 35.5. The van der Waals surface area contributed by atoms with Gasteiger partial charge in [0.15, 0.2) is 6.30 Å². The van der Waals surface area contributed by atoms with Crippen LogP contribution in [0.3, 0.4) is 0 Å². The molecular formula is C24H28ClF5N4O4S. The summed E-state index contributed by atoms with van der Waals surface area (Å²) in [6.07, 6.45) is -4.21. The molecule has 2 aliphatic heterocycles. The maximum Gasteiger partial charge on any atom is 0.393 e. The lowest BCUT2D eigenvalue weighted by Crippen LogP contribution is -2.60. The van der Waals surface area contributed by atoms with Gasteiger partial charge in [-0.25, -0.2) is 31.9 Å². The van der Waals surface area contributed by atoms with Gasteiger partial charge in [0.05, 0.1) is 34.6 Å². The molecule has 0 aromatic heterocycles. The van der Waals surface area contributed by atoms with Gasteiger partial charge in [-0.05, 0) is 49.7 Å². The number of hydrogen-bond donors (Lipinski definition) is 1. The Morgan fingerprint density at radius 1 is 1.28 bits per heavy atom. The number of hydrogen-bond acceptors (Lipinski definition) is 7. The van der Waals surface area contributed by atoms with Crippen molar-refractivity contribution in [1.29, 1.82) is 5.26 Å². The third-order valence-corrected chi connectivity index (χ3v) is 8.35. The second-order valence-electron chi connectivity index (χ2n) is 10.5. The molecule has 1 aromatic rings. The van der Waals surface area contributed by atoms with Gasteiger partial charge in [0.25, 0.3) is 5.91 Å². The van der Waals surface area contributed by atoms with Crippen LogP contribution in [0.2, 0.25) is 0 Å². The van der Waals surface area contributed by atoms with Crippen molar-refractivity contribution >= 4 is 27.5 Å². The van der Waals surface area contributed by atoms with Gasteiger partial charge in [0.2, 0.25) is 10.0 Å². The highest BCUT2D eigenvalue weighted by Gasteiger charge is 2.50. The van der Waals surface area contributed by atoms with Gasteiger partial charge in [-0.1, -0.05) is 0 Å². The fourth-order valence-electron chi connectivity index (χ4n) is 4.97. The number of benzene rings is 1. The maximum absolute atomic E-state index is 14.8. The molecule has 1 aromatic carbocycles. The SMILES string of the molecule is CS(=O)(=O)NC(=O)c1cc(C2CC2)c(OCC2(C#N)CCN(N3CC(C(F)(F)F)CC(Cl)C3F)CC2)cc1F. The third-order valence-electron chi connectivity index (χ3n) is 7.40. The molecular weight excluding hydrogens is 571 g/mol. The van der Waals surface area contributed by atoms with Crippen molar-refractivity contribution in [2.75, 3.05) is 32.5 Å². The fourth-order valence-corrected chi connectivity index (χ4v) is 5.76. The van der Waals surface area contributed by atoms with Crippen LogP contribution in [0, 0.1) is 28.5 Å². The van der Waals surface area contributed by atoms with Gasteiger partial charge in [0.1, 0.15) is 18.2 Å². The number of nitrogens with zero attached hydrogens (tertiary/aromatic N) is 3. The standard InChI is InChI=1S/C24H28ClF5N4O4S/c1-39(36,37)32-22(35)17-9-16(14-2-3-14)20(10-19(17)26)38-13-23(12-31)4-6-33(7-5-23)34-11-15(24(28,29)30)8-18(25)21(34)27/h9-10,14-15,18,21H,2-8,11,13H2,1H3,(H,32,35). The van der Waals surface area contributed by atoms with E-state index in [4.69, 9.17) is 16.3 Å². The molecule has 1 N–H and O–H groups in total. The van der Waals surface area contributed by atoms with Crippen molar-refractivity contribution in [3.05, 3.63) is 29.1 Å². The van der Waals surface area contributed by atoms with Crippen LogP contribution in [0.15, 0.2) is 12.1 Å². The molecule has 0 radical (unpaired) electrons. The van der Waals surface area contributed by atoms with E-state index in [0.717, 1.165) is 30.2 Å². The number of nitriles is 1. The molecule has 0 bridgehead atoms. The first kappa shape index (κ1) is 29.8. The van der Waals surface area contributed by atoms with E-state index in [1.807, 2.05) is 0 Å². The van der Waals surface area contributed by atoms with Crippen molar-refractivity contribution in [1.82, 2.24) is 14.7 Å². The van der Waals surface area contributed by atoms with Crippen molar-refractivity contribution in [2.45, 2.75) is 55.9 Å². The van der Waals surface area contributed by atoms with Gasteiger partial charge in [-0.15, -0.1) is 11.6 Å². The highest BCUT2D eigenvalue weighted by Crippen LogP contribution is 2.46. The van der Waals surface area contributed by atoms with E-state index < -0.39 is 69.5 Å². The highest BCUT2D eigenvalue weighted by molar-refractivity contribution is 7.89. The van der Waals surface area contributed by atoms with E-state index in [1.54, 1.807) is 4.72 Å². The smallest absolute Gasteiger partial charge is 0.393 e. The fraction of sp³-hybridized carbons (Fsp3) is 0.667. The second-order valence-corrected chi connectivity index (χ2v) is 12.8. The molecule has 3 fully saturated rings. The summed E-state index contributed by atoms with van der Waals surface area (Å²) >= 11 is 5.90. The van der Waals surface area contributed by atoms with E-state index in [1.165, 1.54) is 11.1 Å². The zero-order valence-electron chi connectivity index (χ0n) is 21.0. The summed E-state index contributed by atoms with van der Waals surface area (Å²) in [7, 11) is -3.91. The number of ether oxygens (including phenoxy) is 1. The number of sulfonamides is 1. The number of carbonyl (C=O) groups is 1. The van der Waals surface area contributed by atoms with Crippen LogP contribution >= 0.6 is 11.6 Å². The number of hydrazine groups is 1. The average Bonchev–Trinajstić information content (AvgIpc) is 3.68. The zero-order chi connectivity index (χ0) is 28.8. The lowest BCUT2D eigenvalue weighted by atomic mass is 9.81. The molecule has 216 valence electrons. The van der Waals surface area contributed by atoms with Crippen LogP contribution in [0.25, 0.3) is 0 Å². The Kier molecular flexibility index (Phi) is 8.39. The molecule has 39 heavy (non-hydrogen) atoms. The number of nitrogens with one attached hydrogen (secondary N) is 1. The Bertz CT molecular complexity index is 1250. The topological polar surface area (TPSA) is 103 Å². The molecule has 1 amide bonds. The summed E-state index contributed by atoms with van der Waals surface area (Å²) in [5, 5.41) is 11.1. The van der Waals surface area contributed by atoms with Crippen LogP contribution in [0.1, 0.15) is 53.9 Å². The largest absolute Gasteiger partial charge is 0.492 e. The van der Waals surface area contributed by atoms with Crippen molar-refractivity contribution in [3.63, 3.8) is 0 Å². The van der Waals surface area contributed by atoms with Crippen molar-refractivity contribution in [2.24, 2.45) is 11.3 Å². The summed E-state index contributed by atoms with van der Waals surface area (Å²) in [6, 6.07) is 4.45. The first-order valence-electron chi connectivity index (χ1n) is 12.4. The zero-order valence-corrected chi connectivity index (χ0v) is 22.6. The molecule has 1 aliphatic carbocycles. The first-order valence-corrected chi connectivity index (χ1v) is 14.7. The molecule has 15 heteroatoms. The number of amides is 1. The summed E-state index contributed by atoms with van der Waals surface area (Å²) in [6.45, 7) is -0.527. The molecule has 3 unspecified atom stereocenters. The monoisotopic (exact) mass is 598 g/mol. The van der Waals surface area contributed by atoms with Crippen molar-refractivity contribution in [3.8, 4) is 11.8 Å². The molecule has 2 saturated heterocycles. The summed E-state index contributed by atoms with van der Waals surface area (Å²) in [5.74, 6) is -3.77. The number of alkyl halides is 5. The second kappa shape index (κ2) is 11.0. The average molecular weight is 599 g/mol. The Morgan fingerprint density at radius 2 is 1.92 bits per heavy atom. The maximum atomic E-state index is 14.8. The van der Waals surface area contributed by atoms with Crippen LogP contribution in [-0.4, -0.2) is 74.7 Å². The molecule has 2 heterocycles. The molecule has 4 rings (SSSR count). The van der Waals surface area contributed by atoms with Crippen LogP contribution in [0.5, 0.6) is 5.75 Å². The Balaban J connectivity index is 1.45. The van der Waals surface area contributed by atoms with Crippen LogP contribution < -0.4 is 9.46 Å². The molecule has 1 saturated carbocycles. The van der Waals surface area contributed by atoms with E-state index in [9.17, 15) is 40.4 Å². The molecule has 3 atom stereocenters. The predicted molar refractivity (Wildman–Crippen MR) is 130 cm³/mol. The molecule has 0 spiro atoms.